The number of carbonyl (C=O) groups is 2. The van der Waals surface area contributed by atoms with Crippen molar-refractivity contribution in [1.29, 1.82) is 0 Å². The molecule has 0 unspecified atom stereocenters. The molecule has 1 N–H and O–H groups in total. The molecule has 0 saturated carbocycles. The Hall–Kier alpha value is -2.04. The summed E-state index contributed by atoms with van der Waals surface area (Å²) in [5.41, 5.74) is 0. The van der Waals surface area contributed by atoms with E-state index in [9.17, 15) is 9.59 Å². The van der Waals surface area contributed by atoms with Crippen LogP contribution in [0, 0.1) is 5.92 Å². The van der Waals surface area contributed by atoms with Gasteiger partial charge in [-0.2, -0.15) is 0 Å². The highest BCUT2D eigenvalue weighted by Crippen LogP contribution is 2.18. The lowest BCUT2D eigenvalue weighted by atomic mass is 9.99. The zero-order valence-corrected chi connectivity index (χ0v) is 9.91. The number of amides is 1. The molecule has 1 aromatic carbocycles. The first-order valence-electron chi connectivity index (χ1n) is 5.91. The maximum Gasteiger partial charge on any atom is 0.415 e. The molecule has 1 fully saturated rings. The molecule has 2 rings (SSSR count). The Balaban J connectivity index is 1.95. The Morgan fingerprint density at radius 1 is 1.28 bits per heavy atom. The largest absolute Gasteiger partial charge is 0.481 e. The monoisotopic (exact) mass is 249 g/mol. The highest BCUT2D eigenvalue weighted by Gasteiger charge is 2.29. The fourth-order valence-electron chi connectivity index (χ4n) is 2.00. The van der Waals surface area contributed by atoms with E-state index in [0.717, 1.165) is 0 Å². The van der Waals surface area contributed by atoms with E-state index in [1.54, 1.807) is 24.3 Å². The van der Waals surface area contributed by atoms with E-state index in [-0.39, 0.29) is 6.54 Å². The summed E-state index contributed by atoms with van der Waals surface area (Å²) < 4.78 is 5.18. The topological polar surface area (TPSA) is 66.8 Å². The molecule has 1 aliphatic heterocycles. The zero-order valence-electron chi connectivity index (χ0n) is 9.91. The van der Waals surface area contributed by atoms with E-state index in [2.05, 4.69) is 0 Å². The molecule has 1 aliphatic rings. The number of hydrogen-bond acceptors (Lipinski definition) is 3. The van der Waals surface area contributed by atoms with Gasteiger partial charge in [0.2, 0.25) is 0 Å². The molecule has 1 heterocycles. The van der Waals surface area contributed by atoms with Crippen molar-refractivity contribution in [1.82, 2.24) is 4.90 Å². The van der Waals surface area contributed by atoms with Crippen LogP contribution in [0.3, 0.4) is 0 Å². The number of para-hydroxylation sites is 1. The third-order valence-electron chi connectivity index (χ3n) is 2.98. The van der Waals surface area contributed by atoms with Crippen LogP contribution in [-0.4, -0.2) is 35.2 Å². The molecule has 0 spiro atoms. The fourth-order valence-corrected chi connectivity index (χ4v) is 2.00. The van der Waals surface area contributed by atoms with Crippen molar-refractivity contribution >= 4 is 12.1 Å². The minimum Gasteiger partial charge on any atom is -0.481 e. The van der Waals surface area contributed by atoms with Gasteiger partial charge in [-0.15, -0.1) is 0 Å². The van der Waals surface area contributed by atoms with Crippen molar-refractivity contribution in [3.63, 3.8) is 0 Å². The highest BCUT2D eigenvalue weighted by molar-refractivity contribution is 5.74. The van der Waals surface area contributed by atoms with Gasteiger partial charge >= 0.3 is 12.1 Å². The first-order valence-corrected chi connectivity index (χ1v) is 5.91. The van der Waals surface area contributed by atoms with Crippen LogP contribution < -0.4 is 4.74 Å². The number of benzene rings is 1. The van der Waals surface area contributed by atoms with Gasteiger partial charge in [0.15, 0.2) is 0 Å². The molecule has 0 radical (unpaired) electrons. The quantitative estimate of drug-likeness (QED) is 0.870. The number of nitrogens with zero attached hydrogens (tertiary/aromatic N) is 1. The van der Waals surface area contributed by atoms with E-state index in [4.69, 9.17) is 9.84 Å². The van der Waals surface area contributed by atoms with Gasteiger partial charge < -0.3 is 14.7 Å². The second-order valence-corrected chi connectivity index (χ2v) is 4.30. The maximum atomic E-state index is 11.8. The molecule has 0 aliphatic carbocycles. The van der Waals surface area contributed by atoms with Crippen molar-refractivity contribution in [3.8, 4) is 5.75 Å². The number of piperidine rings is 1. The van der Waals surface area contributed by atoms with Crippen LogP contribution in [0.2, 0.25) is 0 Å². The van der Waals surface area contributed by atoms with Crippen LogP contribution in [0.25, 0.3) is 0 Å². The van der Waals surface area contributed by atoms with Crippen LogP contribution in [0.5, 0.6) is 5.75 Å². The Labute approximate surface area is 105 Å². The molecule has 96 valence electrons. The number of likely N-dealkylation sites (tertiary alicyclic amines) is 1. The van der Waals surface area contributed by atoms with Crippen molar-refractivity contribution in [3.05, 3.63) is 30.3 Å². The lowest BCUT2D eigenvalue weighted by Crippen LogP contribution is -2.43. The number of ether oxygens (including phenoxy) is 1. The highest BCUT2D eigenvalue weighted by atomic mass is 16.6. The molecule has 1 aromatic rings. The number of hydrogen-bond donors (Lipinski definition) is 1. The number of carboxylic acid groups (broad SMARTS) is 1. The fraction of sp³-hybridized carbons (Fsp3) is 0.385. The van der Waals surface area contributed by atoms with Crippen LogP contribution in [0.15, 0.2) is 30.3 Å². The van der Waals surface area contributed by atoms with Crippen LogP contribution >= 0.6 is 0 Å². The first kappa shape index (κ1) is 12.4. The zero-order chi connectivity index (χ0) is 13.0. The Morgan fingerprint density at radius 2 is 2.00 bits per heavy atom. The van der Waals surface area contributed by atoms with Gasteiger partial charge in [-0.3, -0.25) is 4.79 Å². The number of carboxylic acids is 1. The second kappa shape index (κ2) is 5.53. The minimum absolute atomic E-state index is 0.223. The predicted octanol–water partition coefficient (Wildman–Crippen LogP) is 1.98. The lowest BCUT2D eigenvalue weighted by Gasteiger charge is -2.29. The number of carbonyl (C=O) groups excluding carboxylic acids is 1. The SMILES string of the molecule is O=C(O)[C@H]1CCCN(C(=O)Oc2ccccc2)C1. The van der Waals surface area contributed by atoms with E-state index in [1.165, 1.54) is 4.90 Å². The van der Waals surface area contributed by atoms with Crippen molar-refractivity contribution < 1.29 is 19.4 Å². The average Bonchev–Trinajstić information content (AvgIpc) is 2.40. The molecule has 1 amide bonds. The first-order chi connectivity index (χ1) is 8.66. The smallest absolute Gasteiger partial charge is 0.415 e. The van der Waals surface area contributed by atoms with E-state index in [0.29, 0.717) is 25.1 Å². The summed E-state index contributed by atoms with van der Waals surface area (Å²) in [6.45, 7) is 0.774. The predicted molar refractivity (Wildman–Crippen MR) is 64.4 cm³/mol. The minimum atomic E-state index is -0.854. The molecule has 18 heavy (non-hydrogen) atoms. The molecular formula is C13H15NO4. The molecular weight excluding hydrogens is 234 g/mol. The molecule has 1 saturated heterocycles. The Kier molecular flexibility index (Phi) is 3.82. The van der Waals surface area contributed by atoms with Crippen molar-refractivity contribution in [2.45, 2.75) is 12.8 Å². The van der Waals surface area contributed by atoms with Crippen LogP contribution in [-0.2, 0) is 4.79 Å². The summed E-state index contributed by atoms with van der Waals surface area (Å²) in [4.78, 5) is 24.2. The van der Waals surface area contributed by atoms with E-state index >= 15 is 0 Å². The van der Waals surface area contributed by atoms with Crippen LogP contribution in [0.4, 0.5) is 4.79 Å². The number of rotatable bonds is 2. The molecule has 5 nitrogen and oxygen atoms in total. The molecule has 0 aromatic heterocycles. The van der Waals surface area contributed by atoms with Gasteiger partial charge in [0.1, 0.15) is 5.75 Å². The van der Waals surface area contributed by atoms with E-state index < -0.39 is 18.0 Å². The van der Waals surface area contributed by atoms with Crippen molar-refractivity contribution in [2.24, 2.45) is 5.92 Å². The van der Waals surface area contributed by atoms with Gasteiger partial charge in [0.25, 0.3) is 0 Å². The van der Waals surface area contributed by atoms with Gasteiger partial charge in [0.05, 0.1) is 5.92 Å². The third kappa shape index (κ3) is 3.00. The second-order valence-electron chi connectivity index (χ2n) is 4.30. The molecule has 5 heteroatoms. The summed E-state index contributed by atoms with van der Waals surface area (Å²) in [5.74, 6) is -0.866. The maximum absolute atomic E-state index is 11.8. The summed E-state index contributed by atoms with van der Waals surface area (Å²) in [6, 6.07) is 8.77. The Bertz CT molecular complexity index is 432. The summed E-state index contributed by atoms with van der Waals surface area (Å²) >= 11 is 0. The van der Waals surface area contributed by atoms with Gasteiger partial charge in [-0.25, -0.2) is 4.79 Å². The van der Waals surface area contributed by atoms with Gasteiger partial charge in [-0.05, 0) is 25.0 Å². The summed E-state index contributed by atoms with van der Waals surface area (Å²) in [6.07, 6.45) is 0.831. The summed E-state index contributed by atoms with van der Waals surface area (Å²) in [5, 5.41) is 8.95. The standard InChI is InChI=1S/C13H15NO4/c15-12(16)10-5-4-8-14(9-10)13(17)18-11-6-2-1-3-7-11/h1-3,6-7,10H,4-5,8-9H2,(H,15,16)/t10-/m0/s1. The normalized spacial score (nSPS) is 19.3. The Morgan fingerprint density at radius 3 is 2.67 bits per heavy atom. The lowest BCUT2D eigenvalue weighted by molar-refractivity contribution is -0.143. The summed E-state index contributed by atoms with van der Waals surface area (Å²) in [7, 11) is 0. The third-order valence-corrected chi connectivity index (χ3v) is 2.98. The number of aliphatic carboxylic acids is 1. The van der Waals surface area contributed by atoms with Crippen LogP contribution in [0.1, 0.15) is 12.8 Å². The van der Waals surface area contributed by atoms with Gasteiger partial charge in [0, 0.05) is 13.1 Å². The van der Waals surface area contributed by atoms with Gasteiger partial charge in [-0.1, -0.05) is 18.2 Å². The van der Waals surface area contributed by atoms with E-state index in [1.807, 2.05) is 6.07 Å². The molecule has 1 atom stereocenters. The van der Waals surface area contributed by atoms with Crippen molar-refractivity contribution in [2.75, 3.05) is 13.1 Å². The molecule has 0 bridgehead atoms. The average molecular weight is 249 g/mol.